The minimum absolute atomic E-state index is 0.247. The number of carbonyl (C=O) groups excluding carboxylic acids is 1. The van der Waals surface area contributed by atoms with E-state index in [0.717, 1.165) is 34.6 Å². The lowest BCUT2D eigenvalue weighted by Crippen LogP contribution is -2.40. The first kappa shape index (κ1) is 33.2. The Morgan fingerprint density at radius 1 is 0.959 bits per heavy atom. The van der Waals surface area contributed by atoms with Crippen LogP contribution in [0.4, 0.5) is 5.69 Å². The maximum absolute atomic E-state index is 14.4. The number of allylic oxidation sites excluding steroid dienone is 1. The summed E-state index contributed by atoms with van der Waals surface area (Å²) in [6.07, 6.45) is 1.87. The van der Waals surface area contributed by atoms with Crippen molar-refractivity contribution in [1.82, 2.24) is 4.57 Å². The lowest BCUT2D eigenvalue weighted by Gasteiger charge is -2.25. The normalized spacial score (nSPS) is 14.4. The molecule has 5 aromatic carbocycles. The van der Waals surface area contributed by atoms with E-state index in [-0.39, 0.29) is 11.5 Å². The number of benzene rings is 5. The SMILES string of the molecule is COc1cccc([C@H]2C(C(=O)Nc3ccccc3)=C(C)N=c3s/c(=C\c4cc(I)cc(I)c4OCc4cccc5ccccc45)c(=O)n32)c1. The van der Waals surface area contributed by atoms with E-state index in [1.165, 1.54) is 11.3 Å². The second kappa shape index (κ2) is 14.3. The molecule has 1 aliphatic heterocycles. The van der Waals surface area contributed by atoms with Gasteiger partial charge in [0, 0.05) is 14.8 Å². The number of nitrogens with zero attached hydrogens (tertiary/aromatic N) is 2. The molecule has 0 saturated carbocycles. The summed E-state index contributed by atoms with van der Waals surface area (Å²) in [5.41, 5.74) is 3.94. The summed E-state index contributed by atoms with van der Waals surface area (Å²) in [7, 11) is 1.59. The topological polar surface area (TPSA) is 81.9 Å². The molecule has 0 saturated heterocycles. The molecule has 0 unspecified atom stereocenters. The van der Waals surface area contributed by atoms with E-state index in [1.807, 2.05) is 91.9 Å². The van der Waals surface area contributed by atoms with Gasteiger partial charge in [0.05, 0.1) is 32.5 Å². The van der Waals surface area contributed by atoms with Crippen molar-refractivity contribution in [3.05, 3.63) is 164 Å². The van der Waals surface area contributed by atoms with Crippen LogP contribution in [-0.2, 0) is 11.4 Å². The predicted octanol–water partition coefficient (Wildman–Crippen LogP) is 7.82. The fourth-order valence-electron chi connectivity index (χ4n) is 6.01. The molecular formula is C39H29I2N3O4S. The van der Waals surface area contributed by atoms with E-state index < -0.39 is 6.04 Å². The molecule has 6 aromatic rings. The van der Waals surface area contributed by atoms with E-state index in [9.17, 15) is 9.59 Å². The molecule has 1 atom stereocenters. The van der Waals surface area contributed by atoms with Crippen molar-refractivity contribution >= 4 is 85.0 Å². The molecule has 7 nitrogen and oxygen atoms in total. The van der Waals surface area contributed by atoms with Crippen LogP contribution in [-0.4, -0.2) is 17.6 Å². The van der Waals surface area contributed by atoms with Crippen LogP contribution >= 0.6 is 56.5 Å². The van der Waals surface area contributed by atoms with Crippen LogP contribution in [0.15, 0.2) is 130 Å². The maximum Gasteiger partial charge on any atom is 0.271 e. The first-order valence-corrected chi connectivity index (χ1v) is 18.4. The molecule has 7 rings (SSSR count). The quantitative estimate of drug-likeness (QED) is 0.158. The monoisotopic (exact) mass is 889 g/mol. The van der Waals surface area contributed by atoms with Crippen LogP contribution < -0.4 is 29.7 Å². The molecule has 1 N–H and O–H groups in total. The van der Waals surface area contributed by atoms with Gasteiger partial charge in [0.15, 0.2) is 4.80 Å². The van der Waals surface area contributed by atoms with Crippen molar-refractivity contribution in [2.45, 2.75) is 19.6 Å². The molecule has 0 bridgehead atoms. The summed E-state index contributed by atoms with van der Waals surface area (Å²) in [5.74, 6) is 0.993. The molecule has 1 aromatic heterocycles. The van der Waals surface area contributed by atoms with Crippen molar-refractivity contribution in [3.63, 3.8) is 0 Å². The average Bonchev–Trinajstić information content (AvgIpc) is 3.41. The number of nitrogens with one attached hydrogen (secondary N) is 1. The fraction of sp³-hybridized carbons (Fsp3) is 0.103. The van der Waals surface area contributed by atoms with Gasteiger partial charge >= 0.3 is 0 Å². The van der Waals surface area contributed by atoms with E-state index in [2.05, 4.69) is 80.8 Å². The van der Waals surface area contributed by atoms with Gasteiger partial charge in [0.25, 0.3) is 11.5 Å². The number of para-hydroxylation sites is 1. The van der Waals surface area contributed by atoms with Gasteiger partial charge in [-0.2, -0.15) is 0 Å². The van der Waals surface area contributed by atoms with Gasteiger partial charge in [-0.1, -0.05) is 84.1 Å². The number of fused-ring (bicyclic) bond motifs is 2. The van der Waals surface area contributed by atoms with Gasteiger partial charge in [-0.05, 0) is 116 Å². The molecule has 244 valence electrons. The summed E-state index contributed by atoms with van der Waals surface area (Å²) in [6.45, 7) is 2.18. The third-order valence-corrected chi connectivity index (χ3v) is 10.7. The number of thiazole rings is 1. The number of aromatic nitrogens is 1. The Labute approximate surface area is 313 Å². The summed E-state index contributed by atoms with van der Waals surface area (Å²) in [5, 5.41) is 5.29. The second-order valence-electron chi connectivity index (χ2n) is 11.4. The summed E-state index contributed by atoms with van der Waals surface area (Å²) in [6, 6.07) is 34.5. The number of halogens is 2. The highest BCUT2D eigenvalue weighted by atomic mass is 127. The van der Waals surface area contributed by atoms with Gasteiger partial charge in [-0.15, -0.1) is 0 Å². The zero-order valence-corrected chi connectivity index (χ0v) is 31.6. The number of hydrogen-bond acceptors (Lipinski definition) is 6. The van der Waals surface area contributed by atoms with Crippen LogP contribution in [0.5, 0.6) is 11.5 Å². The first-order valence-electron chi connectivity index (χ1n) is 15.4. The molecule has 1 amide bonds. The fourth-order valence-corrected chi connectivity index (χ4v) is 9.09. The molecular weight excluding hydrogens is 860 g/mol. The van der Waals surface area contributed by atoms with Crippen molar-refractivity contribution < 1.29 is 14.3 Å². The standard InChI is InChI=1S/C39H29I2N3O4S/c1-23-34(37(45)43-29-14-4-3-5-15-29)35(25-12-9-16-30(19-25)47-2)44-38(46)33(49-39(44)42-23)20-27-18-28(40)21-32(41)36(27)48-22-26-13-8-11-24-10-6-7-17-31(24)26/h3-21,35H,22H2,1-2H3,(H,43,45)/b33-20-/t35-/m0/s1. The largest absolute Gasteiger partial charge is 0.497 e. The zero-order valence-electron chi connectivity index (χ0n) is 26.4. The zero-order chi connectivity index (χ0) is 34.1. The third kappa shape index (κ3) is 6.81. The highest BCUT2D eigenvalue weighted by molar-refractivity contribution is 14.1. The Kier molecular flexibility index (Phi) is 9.70. The average molecular weight is 890 g/mol. The Balaban J connectivity index is 1.33. The smallest absolute Gasteiger partial charge is 0.271 e. The molecule has 0 radical (unpaired) electrons. The van der Waals surface area contributed by atoms with Crippen molar-refractivity contribution in [2.75, 3.05) is 12.4 Å². The van der Waals surface area contributed by atoms with Crippen LogP contribution in [0.2, 0.25) is 0 Å². The van der Waals surface area contributed by atoms with Gasteiger partial charge in [-0.25, -0.2) is 4.99 Å². The van der Waals surface area contributed by atoms with Crippen LogP contribution in [0, 0.1) is 7.14 Å². The number of hydrogen-bond donors (Lipinski definition) is 1. The molecule has 0 fully saturated rings. The molecule has 0 spiro atoms. The third-order valence-electron chi connectivity index (χ3n) is 8.28. The highest BCUT2D eigenvalue weighted by Crippen LogP contribution is 2.33. The Morgan fingerprint density at radius 3 is 2.53 bits per heavy atom. The Morgan fingerprint density at radius 2 is 1.71 bits per heavy atom. The number of carbonyl (C=O) groups is 1. The lowest BCUT2D eigenvalue weighted by molar-refractivity contribution is -0.113. The number of ether oxygens (including phenoxy) is 2. The highest BCUT2D eigenvalue weighted by Gasteiger charge is 2.33. The first-order chi connectivity index (χ1) is 23.8. The molecule has 49 heavy (non-hydrogen) atoms. The molecule has 2 heterocycles. The molecule has 0 aliphatic carbocycles. The molecule has 10 heteroatoms. The van der Waals surface area contributed by atoms with E-state index in [4.69, 9.17) is 14.5 Å². The minimum atomic E-state index is -0.727. The van der Waals surface area contributed by atoms with Crippen molar-refractivity contribution in [1.29, 1.82) is 0 Å². The van der Waals surface area contributed by atoms with E-state index in [0.29, 0.717) is 44.4 Å². The summed E-state index contributed by atoms with van der Waals surface area (Å²) >= 11 is 5.87. The van der Waals surface area contributed by atoms with E-state index in [1.54, 1.807) is 11.7 Å². The van der Waals surface area contributed by atoms with E-state index >= 15 is 0 Å². The number of anilines is 1. The van der Waals surface area contributed by atoms with Crippen LogP contribution in [0.3, 0.4) is 0 Å². The van der Waals surface area contributed by atoms with Crippen LogP contribution in [0.25, 0.3) is 16.8 Å². The number of methoxy groups -OCH3 is 1. The Hall–Kier alpha value is -4.27. The van der Waals surface area contributed by atoms with Gasteiger partial charge in [0.2, 0.25) is 0 Å². The predicted molar refractivity (Wildman–Crippen MR) is 212 cm³/mol. The van der Waals surface area contributed by atoms with Gasteiger partial charge < -0.3 is 14.8 Å². The maximum atomic E-state index is 14.4. The number of amides is 1. The van der Waals surface area contributed by atoms with Gasteiger partial charge in [-0.3, -0.25) is 14.2 Å². The number of rotatable bonds is 8. The minimum Gasteiger partial charge on any atom is -0.497 e. The summed E-state index contributed by atoms with van der Waals surface area (Å²) < 4.78 is 16.1. The van der Waals surface area contributed by atoms with Gasteiger partial charge in [0.1, 0.15) is 18.1 Å². The second-order valence-corrected chi connectivity index (χ2v) is 14.8. The van der Waals surface area contributed by atoms with Crippen molar-refractivity contribution in [2.24, 2.45) is 4.99 Å². The lowest BCUT2D eigenvalue weighted by atomic mass is 9.95. The molecule has 1 aliphatic rings. The van der Waals surface area contributed by atoms with Crippen LogP contribution in [0.1, 0.15) is 29.7 Å². The van der Waals surface area contributed by atoms with Crippen molar-refractivity contribution in [3.8, 4) is 11.5 Å². The Bertz CT molecular complexity index is 2450. The summed E-state index contributed by atoms with van der Waals surface area (Å²) in [4.78, 5) is 33.7.